The first-order valence-electron chi connectivity index (χ1n) is 6.22. The maximum atomic E-state index is 13.8. The second-order valence-electron chi connectivity index (χ2n) is 4.38. The normalized spacial score (nSPS) is 11.0. The molecule has 0 fully saturated rings. The zero-order valence-electron chi connectivity index (χ0n) is 10.8. The molecule has 108 valence electrons. The predicted molar refractivity (Wildman–Crippen MR) is 74.1 cm³/mol. The highest BCUT2D eigenvalue weighted by molar-refractivity contribution is 6.30. The van der Waals surface area contributed by atoms with Crippen molar-refractivity contribution < 1.29 is 13.3 Å². The average molecular weight is 308 g/mol. The van der Waals surface area contributed by atoms with E-state index in [9.17, 15) is 4.39 Å². The number of nitrogens with zero attached hydrogens (tertiary/aromatic N) is 2. The molecule has 0 atom stereocenters. The lowest BCUT2D eigenvalue weighted by Gasteiger charge is -2.00. The molecule has 2 aromatic heterocycles. The minimum Gasteiger partial charge on any atom is -0.455 e. The van der Waals surface area contributed by atoms with E-state index >= 15 is 0 Å². The highest BCUT2D eigenvalue weighted by atomic mass is 35.5. The summed E-state index contributed by atoms with van der Waals surface area (Å²) >= 11 is 5.73. The second-order valence-corrected chi connectivity index (χ2v) is 4.78. The minimum atomic E-state index is -0.478. The lowest BCUT2D eigenvalue weighted by molar-refractivity contribution is 0.405. The standard InChI is InChI=1S/C14H11ClFN3O2/c15-10-3-1-2-8(13(10)16)6-12-18-14(21-19-12)11-5-4-9(7-17)20-11/h1-5H,6-7,17H2. The molecule has 2 heterocycles. The van der Waals surface area contributed by atoms with E-state index in [1.54, 1.807) is 24.3 Å². The second kappa shape index (κ2) is 5.67. The first kappa shape index (κ1) is 13.8. The molecule has 0 amide bonds. The van der Waals surface area contributed by atoms with Crippen LogP contribution in [0.4, 0.5) is 4.39 Å². The Morgan fingerprint density at radius 1 is 1.24 bits per heavy atom. The largest absolute Gasteiger partial charge is 0.455 e. The van der Waals surface area contributed by atoms with Crippen molar-refractivity contribution in [1.29, 1.82) is 0 Å². The lowest BCUT2D eigenvalue weighted by Crippen LogP contribution is -1.95. The third-order valence-corrected chi connectivity index (χ3v) is 3.21. The van der Waals surface area contributed by atoms with Gasteiger partial charge in [0.05, 0.1) is 11.6 Å². The van der Waals surface area contributed by atoms with Crippen molar-refractivity contribution in [3.63, 3.8) is 0 Å². The summed E-state index contributed by atoms with van der Waals surface area (Å²) in [5.41, 5.74) is 5.86. The Bertz CT molecular complexity index is 769. The van der Waals surface area contributed by atoms with Crippen LogP contribution in [0.5, 0.6) is 0 Å². The van der Waals surface area contributed by atoms with Gasteiger partial charge in [-0.2, -0.15) is 4.98 Å². The molecular formula is C14H11ClFN3O2. The number of hydrogen-bond donors (Lipinski definition) is 1. The number of benzene rings is 1. The van der Waals surface area contributed by atoms with E-state index in [0.717, 1.165) is 0 Å². The van der Waals surface area contributed by atoms with Crippen LogP contribution >= 0.6 is 11.6 Å². The highest BCUT2D eigenvalue weighted by Crippen LogP contribution is 2.23. The zero-order valence-corrected chi connectivity index (χ0v) is 11.6. The summed E-state index contributed by atoms with van der Waals surface area (Å²) in [5, 5.41) is 3.87. The molecule has 0 unspecified atom stereocenters. The van der Waals surface area contributed by atoms with Crippen molar-refractivity contribution in [1.82, 2.24) is 10.1 Å². The minimum absolute atomic E-state index is 0.0647. The van der Waals surface area contributed by atoms with Gasteiger partial charge in [0.25, 0.3) is 5.89 Å². The molecule has 0 saturated carbocycles. The van der Waals surface area contributed by atoms with Crippen LogP contribution < -0.4 is 5.73 Å². The molecule has 0 saturated heterocycles. The van der Waals surface area contributed by atoms with Crippen molar-refractivity contribution in [3.8, 4) is 11.7 Å². The molecule has 0 radical (unpaired) electrons. The number of furan rings is 1. The molecule has 0 bridgehead atoms. The van der Waals surface area contributed by atoms with Crippen LogP contribution in [0.25, 0.3) is 11.7 Å². The molecule has 0 spiro atoms. The number of halogens is 2. The number of aromatic nitrogens is 2. The SMILES string of the molecule is NCc1ccc(-c2nc(Cc3cccc(Cl)c3F)no2)o1. The first-order valence-corrected chi connectivity index (χ1v) is 6.60. The van der Waals surface area contributed by atoms with Gasteiger partial charge in [0.1, 0.15) is 11.6 Å². The fourth-order valence-electron chi connectivity index (χ4n) is 1.88. The van der Waals surface area contributed by atoms with Crippen LogP contribution in [0.15, 0.2) is 39.3 Å². The molecule has 1 aromatic carbocycles. The average Bonchev–Trinajstić information content (AvgIpc) is 3.12. The van der Waals surface area contributed by atoms with E-state index in [1.165, 1.54) is 6.07 Å². The Morgan fingerprint density at radius 2 is 2.10 bits per heavy atom. The third-order valence-electron chi connectivity index (χ3n) is 2.92. The van der Waals surface area contributed by atoms with Gasteiger partial charge in [0, 0.05) is 6.42 Å². The van der Waals surface area contributed by atoms with Gasteiger partial charge in [-0.15, -0.1) is 0 Å². The van der Waals surface area contributed by atoms with Gasteiger partial charge in [-0.25, -0.2) is 4.39 Å². The van der Waals surface area contributed by atoms with Gasteiger partial charge in [-0.3, -0.25) is 0 Å². The van der Waals surface area contributed by atoms with Gasteiger partial charge in [0.15, 0.2) is 11.6 Å². The lowest BCUT2D eigenvalue weighted by atomic mass is 10.1. The van der Waals surface area contributed by atoms with E-state index < -0.39 is 5.82 Å². The third kappa shape index (κ3) is 2.81. The van der Waals surface area contributed by atoms with Crippen molar-refractivity contribution in [2.45, 2.75) is 13.0 Å². The van der Waals surface area contributed by atoms with Crippen LogP contribution in [-0.2, 0) is 13.0 Å². The number of hydrogen-bond acceptors (Lipinski definition) is 5. The van der Waals surface area contributed by atoms with E-state index in [0.29, 0.717) is 22.9 Å². The summed E-state index contributed by atoms with van der Waals surface area (Å²) in [6.07, 6.45) is 0.181. The summed E-state index contributed by atoms with van der Waals surface area (Å²) < 4.78 is 24.3. The molecule has 7 heteroatoms. The molecule has 5 nitrogen and oxygen atoms in total. The summed E-state index contributed by atoms with van der Waals surface area (Å²) in [6, 6.07) is 8.20. The number of nitrogens with two attached hydrogens (primary N) is 1. The maximum Gasteiger partial charge on any atom is 0.293 e. The van der Waals surface area contributed by atoms with E-state index in [2.05, 4.69) is 10.1 Å². The van der Waals surface area contributed by atoms with Gasteiger partial charge < -0.3 is 14.7 Å². The summed E-state index contributed by atoms with van der Waals surface area (Å²) in [4.78, 5) is 4.17. The molecule has 0 aliphatic rings. The molecule has 0 aliphatic heterocycles. The van der Waals surface area contributed by atoms with E-state index in [-0.39, 0.29) is 23.9 Å². The molecule has 2 N–H and O–H groups in total. The Labute approximate surface area is 124 Å². The molecule has 3 aromatic rings. The van der Waals surface area contributed by atoms with Gasteiger partial charge in [0.2, 0.25) is 0 Å². The van der Waals surface area contributed by atoms with Gasteiger partial charge in [-0.1, -0.05) is 28.9 Å². The Balaban J connectivity index is 1.83. The summed E-state index contributed by atoms with van der Waals surface area (Å²) in [7, 11) is 0. The van der Waals surface area contributed by atoms with Gasteiger partial charge in [-0.05, 0) is 23.8 Å². The fourth-order valence-corrected chi connectivity index (χ4v) is 2.08. The summed E-state index contributed by atoms with van der Waals surface area (Å²) in [5.74, 6) is 1.14. The van der Waals surface area contributed by atoms with Crippen LogP contribution in [-0.4, -0.2) is 10.1 Å². The molecule has 21 heavy (non-hydrogen) atoms. The highest BCUT2D eigenvalue weighted by Gasteiger charge is 2.15. The monoisotopic (exact) mass is 307 g/mol. The predicted octanol–water partition coefficient (Wildman–Crippen LogP) is 3.17. The Hall–Kier alpha value is -2.18. The van der Waals surface area contributed by atoms with E-state index in [4.69, 9.17) is 26.3 Å². The van der Waals surface area contributed by atoms with Crippen molar-refractivity contribution in [2.75, 3.05) is 0 Å². The van der Waals surface area contributed by atoms with Gasteiger partial charge >= 0.3 is 0 Å². The molecule has 3 rings (SSSR count). The van der Waals surface area contributed by atoms with Crippen LogP contribution in [0.3, 0.4) is 0 Å². The smallest absolute Gasteiger partial charge is 0.293 e. The number of rotatable bonds is 4. The zero-order chi connectivity index (χ0) is 14.8. The quantitative estimate of drug-likeness (QED) is 0.801. The maximum absolute atomic E-state index is 13.8. The van der Waals surface area contributed by atoms with Crippen molar-refractivity contribution in [2.24, 2.45) is 5.73 Å². The molecular weight excluding hydrogens is 297 g/mol. The Kier molecular flexibility index (Phi) is 3.72. The fraction of sp³-hybridized carbons (Fsp3) is 0.143. The Morgan fingerprint density at radius 3 is 2.86 bits per heavy atom. The van der Waals surface area contributed by atoms with Crippen molar-refractivity contribution >= 4 is 11.6 Å². The van der Waals surface area contributed by atoms with Crippen LogP contribution in [0.2, 0.25) is 5.02 Å². The first-order chi connectivity index (χ1) is 10.2. The topological polar surface area (TPSA) is 78.1 Å². The van der Waals surface area contributed by atoms with E-state index in [1.807, 2.05) is 0 Å². The molecule has 0 aliphatic carbocycles. The van der Waals surface area contributed by atoms with Crippen molar-refractivity contribution in [3.05, 3.63) is 58.3 Å². The van der Waals surface area contributed by atoms with Crippen LogP contribution in [0.1, 0.15) is 17.1 Å². The summed E-state index contributed by atoms with van der Waals surface area (Å²) in [6.45, 7) is 0.286. The van der Waals surface area contributed by atoms with Crippen LogP contribution in [0, 0.1) is 5.82 Å².